The number of nitrogens with one attached hydrogen (secondary N) is 1. The molecule has 114 valence electrons. The zero-order valence-electron chi connectivity index (χ0n) is 12.9. The van der Waals surface area contributed by atoms with Crippen LogP contribution in [0.4, 0.5) is 0 Å². The van der Waals surface area contributed by atoms with Crippen LogP contribution in [0.15, 0.2) is 24.3 Å². The molecule has 0 aliphatic carbocycles. The lowest BCUT2D eigenvalue weighted by Crippen LogP contribution is -2.37. The Morgan fingerprint density at radius 2 is 2.19 bits per heavy atom. The number of ether oxygens (including phenoxy) is 1. The van der Waals surface area contributed by atoms with Gasteiger partial charge in [0.2, 0.25) is 5.91 Å². The van der Waals surface area contributed by atoms with Crippen LogP contribution in [0.1, 0.15) is 26.1 Å². The third kappa shape index (κ3) is 3.82. The lowest BCUT2D eigenvalue weighted by molar-refractivity contribution is -0.122. The quantitative estimate of drug-likeness (QED) is 0.849. The number of carbonyl (C=O) groups excluding carboxylic acids is 1. The van der Waals surface area contributed by atoms with Crippen molar-refractivity contribution < 1.29 is 9.53 Å². The SMILES string of the molecule is CCCc1nc2ccccc2n1CC(=O)NC(C)COC. The standard InChI is InChI=1S/C16H23N3O2/c1-4-7-15-18-13-8-5-6-9-14(13)19(15)10-16(20)17-12(2)11-21-3/h5-6,8-9,12H,4,7,10-11H2,1-3H3,(H,17,20). The lowest BCUT2D eigenvalue weighted by atomic mass is 10.3. The van der Waals surface area contributed by atoms with Crippen molar-refractivity contribution in [2.45, 2.75) is 39.3 Å². The van der Waals surface area contributed by atoms with Crippen LogP contribution in [0.25, 0.3) is 11.0 Å². The Balaban J connectivity index is 2.19. The van der Waals surface area contributed by atoms with Crippen LogP contribution >= 0.6 is 0 Å². The zero-order valence-corrected chi connectivity index (χ0v) is 12.9. The maximum Gasteiger partial charge on any atom is 0.240 e. The molecule has 0 aliphatic heterocycles. The van der Waals surface area contributed by atoms with Crippen LogP contribution in [-0.2, 0) is 22.5 Å². The summed E-state index contributed by atoms with van der Waals surface area (Å²) in [7, 11) is 1.63. The maximum absolute atomic E-state index is 12.2. The highest BCUT2D eigenvalue weighted by molar-refractivity contribution is 5.81. The Morgan fingerprint density at radius 3 is 2.90 bits per heavy atom. The van der Waals surface area contributed by atoms with E-state index in [4.69, 9.17) is 4.74 Å². The summed E-state index contributed by atoms with van der Waals surface area (Å²) in [6, 6.07) is 7.94. The number of benzene rings is 1. The molecule has 1 unspecified atom stereocenters. The van der Waals surface area contributed by atoms with Crippen molar-refractivity contribution in [1.29, 1.82) is 0 Å². The highest BCUT2D eigenvalue weighted by atomic mass is 16.5. The molecule has 5 heteroatoms. The minimum Gasteiger partial charge on any atom is -0.383 e. The molecule has 1 atom stereocenters. The van der Waals surface area contributed by atoms with E-state index in [-0.39, 0.29) is 11.9 Å². The number of nitrogens with zero attached hydrogens (tertiary/aromatic N) is 2. The first kappa shape index (κ1) is 15.5. The van der Waals surface area contributed by atoms with Crippen LogP contribution in [0, 0.1) is 0 Å². The summed E-state index contributed by atoms with van der Waals surface area (Å²) in [5.41, 5.74) is 1.95. The zero-order chi connectivity index (χ0) is 15.2. The fourth-order valence-corrected chi connectivity index (χ4v) is 2.47. The lowest BCUT2D eigenvalue weighted by Gasteiger charge is -2.14. The molecule has 1 aromatic carbocycles. The van der Waals surface area contributed by atoms with E-state index in [0.717, 1.165) is 29.7 Å². The van der Waals surface area contributed by atoms with Crippen molar-refractivity contribution >= 4 is 16.9 Å². The van der Waals surface area contributed by atoms with Gasteiger partial charge in [0.05, 0.1) is 17.6 Å². The number of amides is 1. The largest absolute Gasteiger partial charge is 0.383 e. The van der Waals surface area contributed by atoms with E-state index in [1.54, 1.807) is 7.11 Å². The second-order valence-electron chi connectivity index (χ2n) is 5.28. The van der Waals surface area contributed by atoms with Gasteiger partial charge in [-0.05, 0) is 25.5 Å². The van der Waals surface area contributed by atoms with Gasteiger partial charge >= 0.3 is 0 Å². The van der Waals surface area contributed by atoms with E-state index >= 15 is 0 Å². The summed E-state index contributed by atoms with van der Waals surface area (Å²) in [5.74, 6) is 0.952. The Bertz CT molecular complexity index is 607. The van der Waals surface area contributed by atoms with E-state index in [1.807, 2.05) is 35.8 Å². The Morgan fingerprint density at radius 1 is 1.43 bits per heavy atom. The molecule has 0 saturated heterocycles. The summed E-state index contributed by atoms with van der Waals surface area (Å²) in [4.78, 5) is 16.8. The van der Waals surface area contributed by atoms with Crippen LogP contribution in [0.2, 0.25) is 0 Å². The van der Waals surface area contributed by atoms with Gasteiger partial charge in [0.25, 0.3) is 0 Å². The second-order valence-corrected chi connectivity index (χ2v) is 5.28. The van der Waals surface area contributed by atoms with E-state index in [0.29, 0.717) is 13.2 Å². The molecule has 0 radical (unpaired) electrons. The van der Waals surface area contributed by atoms with Crippen molar-refractivity contribution in [3.8, 4) is 0 Å². The monoisotopic (exact) mass is 289 g/mol. The molecule has 0 bridgehead atoms. The number of fused-ring (bicyclic) bond motifs is 1. The topological polar surface area (TPSA) is 56.2 Å². The van der Waals surface area contributed by atoms with Crippen LogP contribution in [0.5, 0.6) is 0 Å². The van der Waals surface area contributed by atoms with Gasteiger partial charge in [0.1, 0.15) is 12.4 Å². The number of rotatable bonds is 7. The van der Waals surface area contributed by atoms with Gasteiger partial charge in [0, 0.05) is 19.6 Å². The summed E-state index contributed by atoms with van der Waals surface area (Å²) in [5, 5.41) is 2.94. The van der Waals surface area contributed by atoms with Gasteiger partial charge in [-0.15, -0.1) is 0 Å². The molecule has 1 heterocycles. The predicted molar refractivity (Wildman–Crippen MR) is 83.2 cm³/mol. The van der Waals surface area contributed by atoms with Crippen LogP contribution in [0.3, 0.4) is 0 Å². The Hall–Kier alpha value is -1.88. The Labute approximate surface area is 125 Å². The smallest absolute Gasteiger partial charge is 0.240 e. The number of aromatic nitrogens is 2. The molecule has 5 nitrogen and oxygen atoms in total. The number of aryl methyl sites for hydroxylation is 1. The van der Waals surface area contributed by atoms with Crippen molar-refractivity contribution in [2.75, 3.05) is 13.7 Å². The molecule has 1 N–H and O–H groups in total. The van der Waals surface area contributed by atoms with Crippen LogP contribution in [-0.4, -0.2) is 35.2 Å². The first-order chi connectivity index (χ1) is 10.2. The van der Waals surface area contributed by atoms with E-state index in [9.17, 15) is 4.79 Å². The van der Waals surface area contributed by atoms with E-state index < -0.39 is 0 Å². The number of para-hydroxylation sites is 2. The third-order valence-electron chi connectivity index (χ3n) is 3.33. The second kappa shape index (κ2) is 7.22. The fourth-order valence-electron chi connectivity index (χ4n) is 2.47. The number of imidazole rings is 1. The van der Waals surface area contributed by atoms with Gasteiger partial charge < -0.3 is 14.6 Å². The molecular formula is C16H23N3O2. The number of hydrogen-bond acceptors (Lipinski definition) is 3. The fraction of sp³-hybridized carbons (Fsp3) is 0.500. The molecule has 0 aliphatic rings. The van der Waals surface area contributed by atoms with Gasteiger partial charge in [-0.1, -0.05) is 19.1 Å². The van der Waals surface area contributed by atoms with Gasteiger partial charge in [-0.3, -0.25) is 4.79 Å². The van der Waals surface area contributed by atoms with Gasteiger partial charge in [0.15, 0.2) is 0 Å². The number of carbonyl (C=O) groups is 1. The summed E-state index contributed by atoms with van der Waals surface area (Å²) in [6.07, 6.45) is 1.88. The molecule has 0 saturated carbocycles. The molecule has 2 rings (SSSR count). The average molecular weight is 289 g/mol. The molecule has 1 aromatic heterocycles. The van der Waals surface area contributed by atoms with E-state index in [2.05, 4.69) is 17.2 Å². The van der Waals surface area contributed by atoms with Crippen molar-refractivity contribution in [3.63, 3.8) is 0 Å². The van der Waals surface area contributed by atoms with E-state index in [1.165, 1.54) is 0 Å². The number of hydrogen-bond donors (Lipinski definition) is 1. The molecule has 2 aromatic rings. The highest BCUT2D eigenvalue weighted by Gasteiger charge is 2.14. The highest BCUT2D eigenvalue weighted by Crippen LogP contribution is 2.17. The van der Waals surface area contributed by atoms with Crippen LogP contribution < -0.4 is 5.32 Å². The minimum atomic E-state index is -0.0138. The van der Waals surface area contributed by atoms with Gasteiger partial charge in [-0.25, -0.2) is 4.98 Å². The molecule has 0 spiro atoms. The van der Waals surface area contributed by atoms with Crippen molar-refractivity contribution in [1.82, 2.24) is 14.9 Å². The molecular weight excluding hydrogens is 266 g/mol. The van der Waals surface area contributed by atoms with Crippen molar-refractivity contribution in [3.05, 3.63) is 30.1 Å². The van der Waals surface area contributed by atoms with Crippen molar-refractivity contribution in [2.24, 2.45) is 0 Å². The first-order valence-electron chi connectivity index (χ1n) is 7.38. The summed E-state index contributed by atoms with van der Waals surface area (Å²) >= 11 is 0. The summed E-state index contributed by atoms with van der Waals surface area (Å²) in [6.45, 7) is 4.85. The molecule has 0 fully saturated rings. The maximum atomic E-state index is 12.2. The number of methoxy groups -OCH3 is 1. The van der Waals surface area contributed by atoms with Gasteiger partial charge in [-0.2, -0.15) is 0 Å². The Kier molecular flexibility index (Phi) is 5.33. The molecule has 21 heavy (non-hydrogen) atoms. The normalized spacial score (nSPS) is 12.5. The minimum absolute atomic E-state index is 0.00640. The first-order valence-corrected chi connectivity index (χ1v) is 7.38. The predicted octanol–water partition coefficient (Wildman–Crippen LogP) is 2.14. The summed E-state index contributed by atoms with van der Waals surface area (Å²) < 4.78 is 7.05. The molecule has 1 amide bonds. The third-order valence-corrected chi connectivity index (χ3v) is 3.33. The average Bonchev–Trinajstić information content (AvgIpc) is 2.77.